The molecule has 1 rings (SSSR count). The summed E-state index contributed by atoms with van der Waals surface area (Å²) in [6.45, 7) is 5.57. The summed E-state index contributed by atoms with van der Waals surface area (Å²) in [5.41, 5.74) is 0. The van der Waals surface area contributed by atoms with Crippen molar-refractivity contribution in [3.8, 4) is 6.07 Å². The Bertz CT molecular complexity index is 300. The number of hydrogen-bond donors (Lipinski definition) is 0. The van der Waals surface area contributed by atoms with Gasteiger partial charge >= 0.3 is 0 Å². The van der Waals surface area contributed by atoms with E-state index in [1.165, 1.54) is 32.1 Å². The van der Waals surface area contributed by atoms with Gasteiger partial charge in [-0.05, 0) is 38.5 Å². The van der Waals surface area contributed by atoms with Crippen LogP contribution in [0.3, 0.4) is 0 Å². The fourth-order valence-corrected chi connectivity index (χ4v) is 3.06. The van der Waals surface area contributed by atoms with Gasteiger partial charge in [-0.15, -0.1) is 0 Å². The molecule has 3 nitrogen and oxygen atoms in total. The maximum Gasteiger partial charge on any atom is 0.225 e. The van der Waals surface area contributed by atoms with E-state index in [0.717, 1.165) is 25.3 Å². The molecule has 0 aromatic heterocycles. The van der Waals surface area contributed by atoms with Gasteiger partial charge in [0.25, 0.3) is 0 Å². The highest BCUT2D eigenvalue weighted by molar-refractivity contribution is 5.78. The number of carbonyl (C=O) groups excluding carboxylic acids is 1. The minimum Gasteiger partial charge on any atom is -0.342 e. The van der Waals surface area contributed by atoms with Crippen LogP contribution in [0.25, 0.3) is 0 Å². The Kier molecular flexibility index (Phi) is 7.55. The van der Waals surface area contributed by atoms with Crippen LogP contribution in [0, 0.1) is 23.2 Å². The number of rotatable bonds is 7. The second-order valence-corrected chi connectivity index (χ2v) is 5.69. The molecule has 0 bridgehead atoms. The van der Waals surface area contributed by atoms with Crippen molar-refractivity contribution < 1.29 is 4.79 Å². The van der Waals surface area contributed by atoms with Crippen molar-refractivity contribution >= 4 is 5.91 Å². The predicted octanol–water partition coefficient (Wildman–Crippen LogP) is 3.75. The lowest BCUT2D eigenvalue weighted by Crippen LogP contribution is -2.38. The van der Waals surface area contributed by atoms with Gasteiger partial charge in [-0.2, -0.15) is 5.26 Å². The van der Waals surface area contributed by atoms with Gasteiger partial charge < -0.3 is 4.90 Å². The standard InChI is InChI=1S/C16H28N2O/c1-3-5-7-14-8-10-15(11-9-14)16(19)18(4-2)13-6-12-17/h14-15H,3-11,13H2,1-2H3. The van der Waals surface area contributed by atoms with E-state index in [2.05, 4.69) is 13.0 Å². The summed E-state index contributed by atoms with van der Waals surface area (Å²) in [6, 6.07) is 2.13. The first-order valence-electron chi connectivity index (χ1n) is 7.88. The lowest BCUT2D eigenvalue weighted by molar-refractivity contribution is -0.136. The fourth-order valence-electron chi connectivity index (χ4n) is 3.06. The van der Waals surface area contributed by atoms with Crippen LogP contribution in [-0.4, -0.2) is 23.9 Å². The molecule has 1 aliphatic rings. The average molecular weight is 264 g/mol. The van der Waals surface area contributed by atoms with E-state index in [0.29, 0.717) is 13.0 Å². The van der Waals surface area contributed by atoms with Crippen LogP contribution in [0.2, 0.25) is 0 Å². The molecule has 19 heavy (non-hydrogen) atoms. The molecule has 0 radical (unpaired) electrons. The van der Waals surface area contributed by atoms with Crippen LogP contribution < -0.4 is 0 Å². The predicted molar refractivity (Wildman–Crippen MR) is 77.5 cm³/mol. The van der Waals surface area contributed by atoms with Crippen molar-refractivity contribution in [1.82, 2.24) is 4.90 Å². The number of carbonyl (C=O) groups is 1. The molecule has 0 aromatic carbocycles. The molecule has 0 spiro atoms. The molecular weight excluding hydrogens is 236 g/mol. The highest BCUT2D eigenvalue weighted by Gasteiger charge is 2.28. The first kappa shape index (κ1) is 16.0. The lowest BCUT2D eigenvalue weighted by atomic mass is 9.79. The van der Waals surface area contributed by atoms with E-state index in [-0.39, 0.29) is 11.8 Å². The van der Waals surface area contributed by atoms with Crippen molar-refractivity contribution in [3.63, 3.8) is 0 Å². The first-order chi connectivity index (χ1) is 9.22. The van der Waals surface area contributed by atoms with Gasteiger partial charge in [-0.1, -0.05) is 26.2 Å². The summed E-state index contributed by atoms with van der Waals surface area (Å²) in [4.78, 5) is 14.2. The summed E-state index contributed by atoms with van der Waals surface area (Å²) in [7, 11) is 0. The van der Waals surface area contributed by atoms with Gasteiger partial charge in [0.15, 0.2) is 0 Å². The highest BCUT2D eigenvalue weighted by atomic mass is 16.2. The van der Waals surface area contributed by atoms with Crippen LogP contribution in [0.1, 0.15) is 65.2 Å². The number of amides is 1. The van der Waals surface area contributed by atoms with Crippen LogP contribution in [0.5, 0.6) is 0 Å². The topological polar surface area (TPSA) is 44.1 Å². The summed E-state index contributed by atoms with van der Waals surface area (Å²) in [5.74, 6) is 1.35. The zero-order valence-corrected chi connectivity index (χ0v) is 12.5. The minimum absolute atomic E-state index is 0.219. The molecule has 1 fully saturated rings. The Labute approximate surface area is 118 Å². The van der Waals surface area contributed by atoms with Gasteiger partial charge in [0.1, 0.15) is 0 Å². The van der Waals surface area contributed by atoms with Gasteiger partial charge in [0.2, 0.25) is 5.91 Å². The minimum atomic E-state index is 0.219. The fraction of sp³-hybridized carbons (Fsp3) is 0.875. The van der Waals surface area contributed by atoms with Crippen molar-refractivity contribution in [2.75, 3.05) is 13.1 Å². The Morgan fingerprint density at radius 3 is 2.47 bits per heavy atom. The van der Waals surface area contributed by atoms with Gasteiger partial charge in [-0.3, -0.25) is 4.79 Å². The van der Waals surface area contributed by atoms with Crippen molar-refractivity contribution in [2.45, 2.75) is 65.2 Å². The quantitative estimate of drug-likeness (QED) is 0.703. The monoisotopic (exact) mass is 264 g/mol. The SMILES string of the molecule is CCCCC1CCC(C(=O)N(CC)CCC#N)CC1. The third-order valence-electron chi connectivity index (χ3n) is 4.35. The Morgan fingerprint density at radius 1 is 1.26 bits per heavy atom. The zero-order valence-electron chi connectivity index (χ0n) is 12.5. The number of nitrogens with zero attached hydrogens (tertiary/aromatic N) is 2. The average Bonchev–Trinajstić information content (AvgIpc) is 2.46. The number of hydrogen-bond acceptors (Lipinski definition) is 2. The molecule has 108 valence electrons. The molecular formula is C16H28N2O. The second-order valence-electron chi connectivity index (χ2n) is 5.69. The van der Waals surface area contributed by atoms with Crippen LogP contribution in [0.15, 0.2) is 0 Å². The smallest absolute Gasteiger partial charge is 0.225 e. The maximum atomic E-state index is 12.4. The van der Waals surface area contributed by atoms with E-state index < -0.39 is 0 Å². The molecule has 1 amide bonds. The molecule has 3 heteroatoms. The summed E-state index contributed by atoms with van der Waals surface area (Å²) in [6.07, 6.45) is 8.92. The van der Waals surface area contributed by atoms with Crippen molar-refractivity contribution in [1.29, 1.82) is 5.26 Å². The third kappa shape index (κ3) is 5.22. The van der Waals surface area contributed by atoms with E-state index in [4.69, 9.17) is 5.26 Å². The van der Waals surface area contributed by atoms with Crippen molar-refractivity contribution in [3.05, 3.63) is 0 Å². The zero-order chi connectivity index (χ0) is 14.1. The van der Waals surface area contributed by atoms with Crippen molar-refractivity contribution in [2.24, 2.45) is 11.8 Å². The van der Waals surface area contributed by atoms with Crippen LogP contribution in [-0.2, 0) is 4.79 Å². The molecule has 0 aliphatic heterocycles. The largest absolute Gasteiger partial charge is 0.342 e. The molecule has 0 saturated heterocycles. The van der Waals surface area contributed by atoms with E-state index in [9.17, 15) is 4.79 Å². The normalized spacial score (nSPS) is 22.8. The van der Waals surface area contributed by atoms with Crippen LogP contribution >= 0.6 is 0 Å². The molecule has 0 aromatic rings. The first-order valence-corrected chi connectivity index (χ1v) is 7.88. The third-order valence-corrected chi connectivity index (χ3v) is 4.35. The van der Waals surface area contributed by atoms with Gasteiger partial charge in [0.05, 0.1) is 12.5 Å². The Morgan fingerprint density at radius 2 is 1.95 bits per heavy atom. The van der Waals surface area contributed by atoms with Gasteiger partial charge in [0, 0.05) is 19.0 Å². The van der Waals surface area contributed by atoms with E-state index >= 15 is 0 Å². The lowest BCUT2D eigenvalue weighted by Gasteiger charge is -2.31. The number of nitriles is 1. The van der Waals surface area contributed by atoms with Gasteiger partial charge in [-0.25, -0.2) is 0 Å². The summed E-state index contributed by atoms with van der Waals surface area (Å²) < 4.78 is 0. The molecule has 1 saturated carbocycles. The Balaban J connectivity index is 2.36. The van der Waals surface area contributed by atoms with E-state index in [1.54, 1.807) is 0 Å². The van der Waals surface area contributed by atoms with E-state index in [1.807, 2.05) is 11.8 Å². The van der Waals surface area contributed by atoms with Crippen LogP contribution in [0.4, 0.5) is 0 Å². The highest BCUT2D eigenvalue weighted by Crippen LogP contribution is 2.32. The number of unbranched alkanes of at least 4 members (excludes halogenated alkanes) is 1. The second kappa shape index (κ2) is 8.96. The summed E-state index contributed by atoms with van der Waals surface area (Å²) in [5, 5.41) is 8.63. The Hall–Kier alpha value is -1.04. The molecule has 0 unspecified atom stereocenters. The molecule has 0 heterocycles. The molecule has 0 atom stereocenters. The molecule has 0 N–H and O–H groups in total. The summed E-state index contributed by atoms with van der Waals surface area (Å²) >= 11 is 0. The maximum absolute atomic E-state index is 12.4. The molecule has 1 aliphatic carbocycles.